The molecule has 1 aliphatic heterocycles. The van der Waals surface area contributed by atoms with E-state index in [-0.39, 0.29) is 18.6 Å². The molecule has 0 radical (unpaired) electrons. The highest BCUT2D eigenvalue weighted by atomic mass is 16.5. The molecular formula is C16H24N2O2. The Morgan fingerprint density at radius 3 is 3.00 bits per heavy atom. The lowest BCUT2D eigenvalue weighted by Gasteiger charge is -2.16. The Labute approximate surface area is 120 Å². The van der Waals surface area contributed by atoms with Crippen LogP contribution in [0.15, 0.2) is 24.3 Å². The molecule has 2 rings (SSSR count). The van der Waals surface area contributed by atoms with Crippen LogP contribution in [0.3, 0.4) is 0 Å². The lowest BCUT2D eigenvalue weighted by atomic mass is 9.98. The molecule has 1 amide bonds. The maximum atomic E-state index is 11.9. The van der Waals surface area contributed by atoms with Crippen LogP contribution in [0.4, 0.5) is 0 Å². The van der Waals surface area contributed by atoms with Gasteiger partial charge in [-0.05, 0) is 36.9 Å². The van der Waals surface area contributed by atoms with Crippen molar-refractivity contribution in [3.63, 3.8) is 0 Å². The first-order chi connectivity index (χ1) is 9.70. The SMILES string of the molecule is CCC(C)c1ccccc1OCC(=O)NC1CCNC1. The first kappa shape index (κ1) is 14.9. The summed E-state index contributed by atoms with van der Waals surface area (Å²) in [6.45, 7) is 6.25. The van der Waals surface area contributed by atoms with Crippen molar-refractivity contribution in [3.8, 4) is 5.75 Å². The van der Waals surface area contributed by atoms with E-state index >= 15 is 0 Å². The number of amides is 1. The van der Waals surface area contributed by atoms with Gasteiger partial charge >= 0.3 is 0 Å². The number of ether oxygens (including phenoxy) is 1. The van der Waals surface area contributed by atoms with Gasteiger partial charge in [-0.25, -0.2) is 0 Å². The summed E-state index contributed by atoms with van der Waals surface area (Å²) in [5, 5.41) is 6.21. The van der Waals surface area contributed by atoms with Gasteiger partial charge < -0.3 is 15.4 Å². The van der Waals surface area contributed by atoms with Crippen molar-refractivity contribution in [2.75, 3.05) is 19.7 Å². The molecule has 1 aromatic carbocycles. The molecule has 20 heavy (non-hydrogen) atoms. The lowest BCUT2D eigenvalue weighted by Crippen LogP contribution is -2.39. The van der Waals surface area contributed by atoms with Crippen LogP contribution in [0.1, 0.15) is 38.2 Å². The summed E-state index contributed by atoms with van der Waals surface area (Å²) < 4.78 is 5.70. The van der Waals surface area contributed by atoms with Crippen molar-refractivity contribution in [3.05, 3.63) is 29.8 Å². The Morgan fingerprint density at radius 2 is 2.30 bits per heavy atom. The molecule has 1 aromatic rings. The van der Waals surface area contributed by atoms with Crippen molar-refractivity contribution in [1.82, 2.24) is 10.6 Å². The average molecular weight is 276 g/mol. The molecule has 4 heteroatoms. The third kappa shape index (κ3) is 3.97. The van der Waals surface area contributed by atoms with E-state index in [0.717, 1.165) is 31.7 Å². The molecule has 0 aliphatic carbocycles. The molecule has 1 aliphatic rings. The van der Waals surface area contributed by atoms with Crippen LogP contribution >= 0.6 is 0 Å². The van der Waals surface area contributed by atoms with Gasteiger partial charge in [-0.3, -0.25) is 4.79 Å². The Balaban J connectivity index is 1.88. The van der Waals surface area contributed by atoms with Gasteiger partial charge in [-0.1, -0.05) is 32.0 Å². The second kappa shape index (κ2) is 7.29. The first-order valence-electron chi connectivity index (χ1n) is 7.42. The van der Waals surface area contributed by atoms with Gasteiger partial charge in [0, 0.05) is 12.6 Å². The van der Waals surface area contributed by atoms with Crippen LogP contribution < -0.4 is 15.4 Å². The Hall–Kier alpha value is -1.55. The minimum atomic E-state index is -0.0438. The number of benzene rings is 1. The number of nitrogens with one attached hydrogen (secondary N) is 2. The third-order valence-electron chi connectivity index (χ3n) is 3.85. The third-order valence-corrected chi connectivity index (χ3v) is 3.85. The minimum Gasteiger partial charge on any atom is -0.483 e. The van der Waals surface area contributed by atoms with E-state index in [4.69, 9.17) is 4.74 Å². The summed E-state index contributed by atoms with van der Waals surface area (Å²) in [7, 11) is 0. The summed E-state index contributed by atoms with van der Waals surface area (Å²) in [5.74, 6) is 1.22. The summed E-state index contributed by atoms with van der Waals surface area (Å²) in [4.78, 5) is 11.9. The van der Waals surface area contributed by atoms with Gasteiger partial charge in [0.2, 0.25) is 0 Å². The van der Waals surface area contributed by atoms with Crippen LogP contribution in [0.2, 0.25) is 0 Å². The van der Waals surface area contributed by atoms with Crippen LogP contribution in [0.25, 0.3) is 0 Å². The topological polar surface area (TPSA) is 50.4 Å². The van der Waals surface area contributed by atoms with E-state index in [1.54, 1.807) is 0 Å². The van der Waals surface area contributed by atoms with E-state index < -0.39 is 0 Å². The highest BCUT2D eigenvalue weighted by molar-refractivity contribution is 5.78. The molecule has 2 N–H and O–H groups in total. The Bertz CT molecular complexity index is 442. The zero-order valence-corrected chi connectivity index (χ0v) is 12.3. The molecule has 2 atom stereocenters. The van der Waals surface area contributed by atoms with Gasteiger partial charge in [-0.2, -0.15) is 0 Å². The second-order valence-corrected chi connectivity index (χ2v) is 5.39. The first-order valence-corrected chi connectivity index (χ1v) is 7.42. The molecule has 110 valence electrons. The molecule has 1 fully saturated rings. The zero-order valence-electron chi connectivity index (χ0n) is 12.3. The largest absolute Gasteiger partial charge is 0.483 e. The highest BCUT2D eigenvalue weighted by Gasteiger charge is 2.17. The van der Waals surface area contributed by atoms with Gasteiger partial charge in [0.1, 0.15) is 5.75 Å². The monoisotopic (exact) mass is 276 g/mol. The summed E-state index contributed by atoms with van der Waals surface area (Å²) in [5.41, 5.74) is 1.17. The van der Waals surface area contributed by atoms with Crippen molar-refractivity contribution in [1.29, 1.82) is 0 Å². The van der Waals surface area contributed by atoms with E-state index in [1.807, 2.05) is 18.2 Å². The predicted octanol–water partition coefficient (Wildman–Crippen LogP) is 2.06. The maximum Gasteiger partial charge on any atom is 0.258 e. The molecule has 1 saturated heterocycles. The molecule has 2 unspecified atom stereocenters. The van der Waals surface area contributed by atoms with E-state index in [1.165, 1.54) is 5.56 Å². The standard InChI is InChI=1S/C16H24N2O2/c1-3-12(2)14-6-4-5-7-15(14)20-11-16(19)18-13-8-9-17-10-13/h4-7,12-13,17H,3,8-11H2,1-2H3,(H,18,19). The Morgan fingerprint density at radius 1 is 1.50 bits per heavy atom. The zero-order chi connectivity index (χ0) is 14.4. The number of hydrogen-bond acceptors (Lipinski definition) is 3. The van der Waals surface area contributed by atoms with Crippen molar-refractivity contribution in [2.45, 2.75) is 38.6 Å². The van der Waals surface area contributed by atoms with Crippen LogP contribution in [-0.4, -0.2) is 31.6 Å². The quantitative estimate of drug-likeness (QED) is 0.836. The summed E-state index contributed by atoms with van der Waals surface area (Å²) in [6.07, 6.45) is 2.05. The van der Waals surface area contributed by atoms with E-state index in [0.29, 0.717) is 5.92 Å². The van der Waals surface area contributed by atoms with Gasteiger partial charge in [0.05, 0.1) is 0 Å². The predicted molar refractivity (Wildman–Crippen MR) is 80.1 cm³/mol. The molecule has 0 spiro atoms. The molecular weight excluding hydrogens is 252 g/mol. The van der Waals surface area contributed by atoms with Crippen LogP contribution in [-0.2, 0) is 4.79 Å². The van der Waals surface area contributed by atoms with Gasteiger partial charge in [-0.15, -0.1) is 0 Å². The van der Waals surface area contributed by atoms with Gasteiger partial charge in [0.15, 0.2) is 6.61 Å². The molecule has 1 heterocycles. The number of carbonyl (C=O) groups excluding carboxylic acids is 1. The van der Waals surface area contributed by atoms with Crippen molar-refractivity contribution < 1.29 is 9.53 Å². The van der Waals surface area contributed by atoms with Crippen LogP contribution in [0.5, 0.6) is 5.75 Å². The fourth-order valence-electron chi connectivity index (χ4n) is 2.43. The fraction of sp³-hybridized carbons (Fsp3) is 0.562. The highest BCUT2D eigenvalue weighted by Crippen LogP contribution is 2.28. The van der Waals surface area contributed by atoms with E-state index in [9.17, 15) is 4.79 Å². The molecule has 0 aromatic heterocycles. The number of rotatable bonds is 6. The van der Waals surface area contributed by atoms with Crippen molar-refractivity contribution >= 4 is 5.91 Å². The second-order valence-electron chi connectivity index (χ2n) is 5.39. The molecule has 0 bridgehead atoms. The molecule has 0 saturated carbocycles. The lowest BCUT2D eigenvalue weighted by molar-refractivity contribution is -0.123. The Kier molecular flexibility index (Phi) is 5.41. The minimum absolute atomic E-state index is 0.0438. The van der Waals surface area contributed by atoms with E-state index in [2.05, 4.69) is 30.5 Å². The van der Waals surface area contributed by atoms with Gasteiger partial charge in [0.25, 0.3) is 5.91 Å². The maximum absolute atomic E-state index is 11.9. The average Bonchev–Trinajstić information content (AvgIpc) is 2.97. The molecule has 4 nitrogen and oxygen atoms in total. The number of carbonyl (C=O) groups is 1. The summed E-state index contributed by atoms with van der Waals surface area (Å²) in [6, 6.07) is 8.21. The van der Waals surface area contributed by atoms with Crippen molar-refractivity contribution in [2.24, 2.45) is 0 Å². The number of hydrogen-bond donors (Lipinski definition) is 2. The normalized spacial score (nSPS) is 19.6. The van der Waals surface area contributed by atoms with Crippen LogP contribution in [0, 0.1) is 0 Å². The smallest absolute Gasteiger partial charge is 0.258 e. The fourth-order valence-corrected chi connectivity index (χ4v) is 2.43. The number of para-hydroxylation sites is 1. The summed E-state index contributed by atoms with van der Waals surface area (Å²) >= 11 is 0.